The van der Waals surface area contributed by atoms with Gasteiger partial charge in [0.25, 0.3) is 5.91 Å². The van der Waals surface area contributed by atoms with Crippen LogP contribution in [0, 0.1) is 0 Å². The second-order valence-electron chi connectivity index (χ2n) is 6.60. The van der Waals surface area contributed by atoms with Crippen molar-refractivity contribution in [2.45, 2.75) is 50.5 Å². The normalized spacial score (nSPS) is 16.6. The molecule has 1 atom stereocenters. The predicted octanol–water partition coefficient (Wildman–Crippen LogP) is 2.16. The van der Waals surface area contributed by atoms with Crippen molar-refractivity contribution in [1.29, 1.82) is 0 Å². The molecule has 0 bridgehead atoms. The Morgan fingerprint density at radius 1 is 1.22 bits per heavy atom. The third kappa shape index (κ3) is 5.43. The minimum Gasteiger partial charge on any atom is -0.354 e. The quantitative estimate of drug-likeness (QED) is 0.713. The van der Waals surface area contributed by atoms with Crippen LogP contribution in [-0.4, -0.2) is 50.2 Å². The lowest BCUT2D eigenvalue weighted by molar-refractivity contribution is -0.122. The summed E-state index contributed by atoms with van der Waals surface area (Å²) in [5.41, 5.74) is 0.144. The highest BCUT2D eigenvalue weighted by Crippen LogP contribution is 2.27. The zero-order valence-corrected chi connectivity index (χ0v) is 17.2. The van der Waals surface area contributed by atoms with Gasteiger partial charge in [0.15, 0.2) is 0 Å². The standard InChI is InChI=1S/C18H26ClN3O4S/c1-3-9-20-17(23)13(2)21-18(24)14-7-8-15(19)16(12-14)27(25,26)22-10-5-4-6-11-22/h7-8,12-13H,3-6,9-11H2,1-2H3,(H,20,23)(H,21,24). The summed E-state index contributed by atoms with van der Waals surface area (Å²) in [4.78, 5) is 24.3. The van der Waals surface area contributed by atoms with E-state index < -0.39 is 22.0 Å². The van der Waals surface area contributed by atoms with Gasteiger partial charge in [0, 0.05) is 25.2 Å². The van der Waals surface area contributed by atoms with Gasteiger partial charge in [0.05, 0.1) is 5.02 Å². The van der Waals surface area contributed by atoms with E-state index >= 15 is 0 Å². The molecule has 2 amide bonds. The molecule has 9 heteroatoms. The lowest BCUT2D eigenvalue weighted by atomic mass is 10.2. The van der Waals surface area contributed by atoms with Crippen LogP contribution in [-0.2, 0) is 14.8 Å². The van der Waals surface area contributed by atoms with Crippen molar-refractivity contribution in [2.75, 3.05) is 19.6 Å². The van der Waals surface area contributed by atoms with Crippen molar-refractivity contribution in [3.05, 3.63) is 28.8 Å². The maximum Gasteiger partial charge on any atom is 0.251 e. The Kier molecular flexibility index (Phi) is 7.64. The first-order valence-electron chi connectivity index (χ1n) is 9.15. The van der Waals surface area contributed by atoms with Crippen molar-refractivity contribution in [3.63, 3.8) is 0 Å². The first-order chi connectivity index (χ1) is 12.8. The minimum atomic E-state index is -3.76. The molecule has 1 fully saturated rings. The molecule has 1 aliphatic heterocycles. The summed E-state index contributed by atoms with van der Waals surface area (Å²) in [6, 6.07) is 3.39. The van der Waals surface area contributed by atoms with Crippen LogP contribution in [0.3, 0.4) is 0 Å². The Morgan fingerprint density at radius 3 is 2.52 bits per heavy atom. The molecule has 2 N–H and O–H groups in total. The molecule has 0 radical (unpaired) electrons. The smallest absolute Gasteiger partial charge is 0.251 e. The van der Waals surface area contributed by atoms with Crippen molar-refractivity contribution in [1.82, 2.24) is 14.9 Å². The summed E-state index contributed by atoms with van der Waals surface area (Å²) in [5, 5.41) is 5.35. The van der Waals surface area contributed by atoms with Gasteiger partial charge in [-0.25, -0.2) is 8.42 Å². The average Bonchev–Trinajstić information content (AvgIpc) is 2.66. The number of piperidine rings is 1. The van der Waals surface area contributed by atoms with Gasteiger partial charge < -0.3 is 10.6 Å². The second kappa shape index (κ2) is 9.52. The SMILES string of the molecule is CCCNC(=O)C(C)NC(=O)c1ccc(Cl)c(S(=O)(=O)N2CCCCC2)c1. The average molecular weight is 416 g/mol. The van der Waals surface area contributed by atoms with Gasteiger partial charge in [-0.15, -0.1) is 0 Å². The van der Waals surface area contributed by atoms with Gasteiger partial charge in [-0.05, 0) is 44.4 Å². The van der Waals surface area contributed by atoms with E-state index in [1.54, 1.807) is 6.92 Å². The Bertz CT molecular complexity index is 792. The highest BCUT2D eigenvalue weighted by Gasteiger charge is 2.29. The number of hydrogen-bond acceptors (Lipinski definition) is 4. The lowest BCUT2D eigenvalue weighted by Gasteiger charge is -2.26. The number of benzene rings is 1. The largest absolute Gasteiger partial charge is 0.354 e. The maximum atomic E-state index is 12.9. The molecule has 1 heterocycles. The Hall–Kier alpha value is -1.64. The van der Waals surface area contributed by atoms with E-state index in [4.69, 9.17) is 11.6 Å². The number of carbonyl (C=O) groups is 2. The van der Waals surface area contributed by atoms with E-state index in [9.17, 15) is 18.0 Å². The van der Waals surface area contributed by atoms with E-state index in [-0.39, 0.29) is 21.4 Å². The molecule has 1 aromatic rings. The Balaban J connectivity index is 2.18. The van der Waals surface area contributed by atoms with Gasteiger partial charge in [-0.1, -0.05) is 24.9 Å². The number of hydrogen-bond donors (Lipinski definition) is 2. The minimum absolute atomic E-state index is 0.0749. The molecule has 1 unspecified atom stereocenters. The topological polar surface area (TPSA) is 95.6 Å². The molecule has 7 nitrogen and oxygen atoms in total. The molecule has 0 spiro atoms. The monoisotopic (exact) mass is 415 g/mol. The number of rotatable bonds is 7. The zero-order valence-electron chi connectivity index (χ0n) is 15.6. The van der Waals surface area contributed by atoms with Crippen LogP contribution in [0.1, 0.15) is 49.9 Å². The Morgan fingerprint density at radius 2 is 1.89 bits per heavy atom. The van der Waals surface area contributed by atoms with Crippen LogP contribution in [0.15, 0.2) is 23.1 Å². The number of halogens is 1. The number of nitrogens with one attached hydrogen (secondary N) is 2. The highest BCUT2D eigenvalue weighted by atomic mass is 35.5. The molecule has 1 saturated heterocycles. The molecule has 1 aliphatic rings. The van der Waals surface area contributed by atoms with Crippen molar-refractivity contribution in [3.8, 4) is 0 Å². The van der Waals surface area contributed by atoms with E-state index in [0.717, 1.165) is 25.7 Å². The molecule has 0 saturated carbocycles. The molecule has 1 aromatic carbocycles. The zero-order chi connectivity index (χ0) is 20.0. The third-order valence-electron chi connectivity index (χ3n) is 4.42. The predicted molar refractivity (Wildman–Crippen MR) is 104 cm³/mol. The van der Waals surface area contributed by atoms with Gasteiger partial charge >= 0.3 is 0 Å². The van der Waals surface area contributed by atoms with Crippen LogP contribution in [0.25, 0.3) is 0 Å². The fourth-order valence-electron chi connectivity index (χ4n) is 2.83. The van der Waals surface area contributed by atoms with Crippen LogP contribution >= 0.6 is 11.6 Å². The molecule has 2 rings (SSSR count). The molecule has 27 heavy (non-hydrogen) atoms. The van der Waals surface area contributed by atoms with Crippen molar-refractivity contribution >= 4 is 33.4 Å². The molecule has 0 aromatic heterocycles. The molecule has 150 valence electrons. The third-order valence-corrected chi connectivity index (χ3v) is 6.80. The fraction of sp³-hybridized carbons (Fsp3) is 0.556. The Labute approximate surface area is 165 Å². The number of nitrogens with zero attached hydrogens (tertiary/aromatic N) is 1. The maximum absolute atomic E-state index is 12.9. The van der Waals surface area contributed by atoms with Crippen LogP contribution < -0.4 is 10.6 Å². The fourth-order valence-corrected chi connectivity index (χ4v) is 4.85. The second-order valence-corrected chi connectivity index (χ2v) is 8.91. The lowest BCUT2D eigenvalue weighted by Crippen LogP contribution is -2.45. The number of carbonyl (C=O) groups excluding carboxylic acids is 2. The molecular weight excluding hydrogens is 390 g/mol. The van der Waals surface area contributed by atoms with Crippen molar-refractivity contribution < 1.29 is 18.0 Å². The summed E-state index contributed by atoms with van der Waals surface area (Å²) in [6.07, 6.45) is 3.41. The molecular formula is C18H26ClN3O4S. The number of amides is 2. The summed E-state index contributed by atoms with van der Waals surface area (Å²) < 4.78 is 27.2. The highest BCUT2D eigenvalue weighted by molar-refractivity contribution is 7.89. The van der Waals surface area contributed by atoms with Crippen LogP contribution in [0.2, 0.25) is 5.02 Å². The first-order valence-corrected chi connectivity index (χ1v) is 11.0. The summed E-state index contributed by atoms with van der Waals surface area (Å²) in [5.74, 6) is -0.818. The van der Waals surface area contributed by atoms with E-state index in [1.165, 1.54) is 22.5 Å². The van der Waals surface area contributed by atoms with Crippen LogP contribution in [0.5, 0.6) is 0 Å². The van der Waals surface area contributed by atoms with Crippen LogP contribution in [0.4, 0.5) is 0 Å². The summed E-state index contributed by atoms with van der Waals surface area (Å²) >= 11 is 6.12. The summed E-state index contributed by atoms with van der Waals surface area (Å²) in [7, 11) is -3.76. The van der Waals surface area contributed by atoms with Crippen molar-refractivity contribution in [2.24, 2.45) is 0 Å². The van der Waals surface area contributed by atoms with Gasteiger partial charge in [0.1, 0.15) is 10.9 Å². The number of sulfonamides is 1. The van der Waals surface area contributed by atoms with E-state index in [0.29, 0.717) is 19.6 Å². The first kappa shape index (κ1) is 21.7. The molecule has 0 aliphatic carbocycles. The van der Waals surface area contributed by atoms with Gasteiger partial charge in [0.2, 0.25) is 15.9 Å². The summed E-state index contributed by atoms with van der Waals surface area (Å²) in [6.45, 7) is 4.93. The van der Waals surface area contributed by atoms with Gasteiger partial charge in [-0.3, -0.25) is 9.59 Å². The van der Waals surface area contributed by atoms with E-state index in [1.807, 2.05) is 6.92 Å². The van der Waals surface area contributed by atoms with E-state index in [2.05, 4.69) is 10.6 Å². The van der Waals surface area contributed by atoms with Gasteiger partial charge in [-0.2, -0.15) is 4.31 Å².